The molecule has 1 aromatic heterocycles. The summed E-state index contributed by atoms with van der Waals surface area (Å²) in [6.07, 6.45) is 1.95. The summed E-state index contributed by atoms with van der Waals surface area (Å²) < 4.78 is 12.1. The van der Waals surface area contributed by atoms with Crippen molar-refractivity contribution >= 4 is 0 Å². The molecule has 0 aliphatic heterocycles. The number of aliphatic hydroxyl groups excluding tert-OH is 1. The molecule has 1 N–H and O–H groups in total. The molecule has 2 rings (SSSR count). The monoisotopic (exact) mass is 277 g/mol. The second-order valence-corrected chi connectivity index (χ2v) is 4.55. The van der Waals surface area contributed by atoms with E-state index in [0.717, 1.165) is 11.4 Å². The molecule has 1 unspecified atom stereocenters. The SMILES string of the molecule is COc1ccc(CC(O)Cc2ncnn2C)cc1OC. The van der Waals surface area contributed by atoms with Gasteiger partial charge in [-0.1, -0.05) is 6.07 Å². The molecule has 0 fully saturated rings. The molecular formula is C14H19N3O3. The largest absolute Gasteiger partial charge is 0.493 e. The summed E-state index contributed by atoms with van der Waals surface area (Å²) in [4.78, 5) is 4.11. The van der Waals surface area contributed by atoms with E-state index >= 15 is 0 Å². The Morgan fingerprint density at radius 2 is 1.95 bits per heavy atom. The number of aliphatic hydroxyl groups is 1. The summed E-state index contributed by atoms with van der Waals surface area (Å²) in [5.41, 5.74) is 0.984. The molecule has 6 nitrogen and oxygen atoms in total. The van der Waals surface area contributed by atoms with Crippen LogP contribution in [0.5, 0.6) is 11.5 Å². The van der Waals surface area contributed by atoms with Crippen LogP contribution in [0.3, 0.4) is 0 Å². The molecule has 0 bridgehead atoms. The summed E-state index contributed by atoms with van der Waals surface area (Å²) in [7, 11) is 5.00. The summed E-state index contributed by atoms with van der Waals surface area (Å²) in [6.45, 7) is 0. The van der Waals surface area contributed by atoms with E-state index in [2.05, 4.69) is 10.1 Å². The van der Waals surface area contributed by atoms with E-state index in [9.17, 15) is 5.11 Å². The van der Waals surface area contributed by atoms with Crippen molar-refractivity contribution in [3.63, 3.8) is 0 Å². The number of aryl methyl sites for hydroxylation is 1. The molecule has 20 heavy (non-hydrogen) atoms. The fourth-order valence-corrected chi connectivity index (χ4v) is 2.07. The Balaban J connectivity index is 2.04. The molecule has 6 heteroatoms. The Bertz CT molecular complexity index is 569. The van der Waals surface area contributed by atoms with Gasteiger partial charge in [-0.3, -0.25) is 4.68 Å². The number of methoxy groups -OCH3 is 2. The third kappa shape index (κ3) is 3.27. The van der Waals surface area contributed by atoms with Crippen molar-refractivity contribution in [2.75, 3.05) is 14.2 Å². The van der Waals surface area contributed by atoms with Gasteiger partial charge in [0.1, 0.15) is 12.2 Å². The molecule has 0 saturated heterocycles. The number of nitrogens with zero attached hydrogens (tertiary/aromatic N) is 3. The molecule has 0 aliphatic rings. The molecule has 0 spiro atoms. The van der Waals surface area contributed by atoms with Crippen molar-refractivity contribution in [3.05, 3.63) is 35.9 Å². The van der Waals surface area contributed by atoms with Crippen LogP contribution in [0.25, 0.3) is 0 Å². The van der Waals surface area contributed by atoms with E-state index in [1.165, 1.54) is 6.33 Å². The zero-order chi connectivity index (χ0) is 14.5. The van der Waals surface area contributed by atoms with Crippen molar-refractivity contribution in [3.8, 4) is 11.5 Å². The number of hydrogen-bond donors (Lipinski definition) is 1. The summed E-state index contributed by atoms with van der Waals surface area (Å²) >= 11 is 0. The van der Waals surface area contributed by atoms with Crippen LogP contribution in [0.4, 0.5) is 0 Å². The van der Waals surface area contributed by atoms with E-state index < -0.39 is 6.10 Å². The molecule has 1 aromatic carbocycles. The van der Waals surface area contributed by atoms with Gasteiger partial charge < -0.3 is 14.6 Å². The van der Waals surface area contributed by atoms with Crippen molar-refractivity contribution in [2.24, 2.45) is 7.05 Å². The van der Waals surface area contributed by atoms with Crippen LogP contribution >= 0.6 is 0 Å². The maximum Gasteiger partial charge on any atom is 0.160 e. The lowest BCUT2D eigenvalue weighted by atomic mass is 10.0. The lowest BCUT2D eigenvalue weighted by molar-refractivity contribution is 0.171. The van der Waals surface area contributed by atoms with Gasteiger partial charge in [-0.2, -0.15) is 5.10 Å². The smallest absolute Gasteiger partial charge is 0.160 e. The fourth-order valence-electron chi connectivity index (χ4n) is 2.07. The van der Waals surface area contributed by atoms with Crippen molar-refractivity contribution in [2.45, 2.75) is 18.9 Å². The first-order valence-corrected chi connectivity index (χ1v) is 6.36. The highest BCUT2D eigenvalue weighted by Crippen LogP contribution is 2.28. The average Bonchev–Trinajstić information content (AvgIpc) is 2.84. The molecule has 1 heterocycles. The van der Waals surface area contributed by atoms with Crippen LogP contribution in [-0.4, -0.2) is 40.2 Å². The van der Waals surface area contributed by atoms with Crippen molar-refractivity contribution in [1.29, 1.82) is 0 Å². The van der Waals surface area contributed by atoms with Gasteiger partial charge >= 0.3 is 0 Å². The predicted molar refractivity (Wildman–Crippen MR) is 74.0 cm³/mol. The lowest BCUT2D eigenvalue weighted by Gasteiger charge is -2.12. The van der Waals surface area contributed by atoms with E-state index in [-0.39, 0.29) is 0 Å². The Kier molecular flexibility index (Phi) is 4.57. The standard InChI is InChI=1S/C14H19N3O3/c1-17-14(15-9-16-17)8-11(18)6-10-4-5-12(19-2)13(7-10)20-3/h4-5,7,9,11,18H,6,8H2,1-3H3. The molecule has 0 amide bonds. The Hall–Kier alpha value is -2.08. The fraction of sp³-hybridized carbons (Fsp3) is 0.429. The number of rotatable bonds is 6. The molecule has 108 valence electrons. The quantitative estimate of drug-likeness (QED) is 0.852. The van der Waals surface area contributed by atoms with Crippen LogP contribution in [-0.2, 0) is 19.9 Å². The van der Waals surface area contributed by atoms with Gasteiger partial charge in [-0.15, -0.1) is 0 Å². The Morgan fingerprint density at radius 1 is 1.20 bits per heavy atom. The van der Waals surface area contributed by atoms with Gasteiger partial charge in [0.05, 0.1) is 20.3 Å². The molecule has 0 aliphatic carbocycles. The van der Waals surface area contributed by atoms with Crippen LogP contribution in [0.2, 0.25) is 0 Å². The number of hydrogen-bond acceptors (Lipinski definition) is 5. The van der Waals surface area contributed by atoms with Crippen LogP contribution < -0.4 is 9.47 Å². The molecule has 0 radical (unpaired) electrons. The first kappa shape index (κ1) is 14.3. The number of aromatic nitrogens is 3. The van der Waals surface area contributed by atoms with E-state index in [1.54, 1.807) is 18.9 Å². The summed E-state index contributed by atoms with van der Waals surface area (Å²) in [5.74, 6) is 2.10. The third-order valence-corrected chi connectivity index (χ3v) is 3.14. The lowest BCUT2D eigenvalue weighted by Crippen LogP contribution is -2.17. The van der Waals surface area contributed by atoms with E-state index in [4.69, 9.17) is 9.47 Å². The van der Waals surface area contributed by atoms with Crippen LogP contribution in [0.15, 0.2) is 24.5 Å². The third-order valence-electron chi connectivity index (χ3n) is 3.14. The average molecular weight is 277 g/mol. The van der Waals surface area contributed by atoms with Gasteiger partial charge in [0.2, 0.25) is 0 Å². The zero-order valence-electron chi connectivity index (χ0n) is 11.9. The highest BCUT2D eigenvalue weighted by atomic mass is 16.5. The minimum absolute atomic E-state index is 0.463. The molecule has 2 aromatic rings. The van der Waals surface area contributed by atoms with Gasteiger partial charge in [-0.05, 0) is 24.1 Å². The second kappa shape index (κ2) is 6.38. The minimum Gasteiger partial charge on any atom is -0.493 e. The van der Waals surface area contributed by atoms with Crippen LogP contribution in [0, 0.1) is 0 Å². The minimum atomic E-state index is -0.518. The van der Waals surface area contributed by atoms with Crippen molar-refractivity contribution in [1.82, 2.24) is 14.8 Å². The first-order valence-electron chi connectivity index (χ1n) is 6.36. The summed E-state index contributed by atoms with van der Waals surface area (Å²) in [5, 5.41) is 14.1. The zero-order valence-corrected chi connectivity index (χ0v) is 11.9. The van der Waals surface area contributed by atoms with Gasteiger partial charge in [0.25, 0.3) is 0 Å². The topological polar surface area (TPSA) is 69.4 Å². The highest BCUT2D eigenvalue weighted by molar-refractivity contribution is 5.43. The van der Waals surface area contributed by atoms with E-state index in [1.807, 2.05) is 25.2 Å². The maximum atomic E-state index is 10.1. The molecule has 0 saturated carbocycles. The van der Waals surface area contributed by atoms with Gasteiger partial charge in [-0.25, -0.2) is 4.98 Å². The van der Waals surface area contributed by atoms with Gasteiger partial charge in [0, 0.05) is 13.5 Å². The predicted octanol–water partition coefficient (Wildman–Crippen LogP) is 0.978. The normalized spacial score (nSPS) is 12.2. The highest BCUT2D eigenvalue weighted by Gasteiger charge is 2.12. The van der Waals surface area contributed by atoms with Gasteiger partial charge in [0.15, 0.2) is 11.5 Å². The first-order chi connectivity index (χ1) is 9.63. The molecular weight excluding hydrogens is 258 g/mol. The van der Waals surface area contributed by atoms with Crippen molar-refractivity contribution < 1.29 is 14.6 Å². The van der Waals surface area contributed by atoms with E-state index in [0.29, 0.717) is 24.3 Å². The number of benzene rings is 1. The Labute approximate surface area is 118 Å². The molecule has 1 atom stereocenters. The summed E-state index contributed by atoms with van der Waals surface area (Å²) in [6, 6.07) is 5.63. The second-order valence-electron chi connectivity index (χ2n) is 4.55. The number of ether oxygens (including phenoxy) is 2. The maximum absolute atomic E-state index is 10.1. The Morgan fingerprint density at radius 3 is 2.55 bits per heavy atom. The van der Waals surface area contributed by atoms with Crippen LogP contribution in [0.1, 0.15) is 11.4 Å².